The zero-order chi connectivity index (χ0) is 18.6. The molecule has 1 N–H and O–H groups in total. The molecule has 2 aromatic carbocycles. The molecule has 6 heteroatoms. The molecule has 0 radical (unpaired) electrons. The van der Waals surface area contributed by atoms with Gasteiger partial charge < -0.3 is 4.74 Å². The minimum Gasteiger partial charge on any atom is -0.485 e. The minimum atomic E-state index is -3.76. The number of nitrogens with zero attached hydrogens (tertiary/aromatic N) is 1. The first-order valence-corrected chi connectivity index (χ1v) is 9.66. The van der Waals surface area contributed by atoms with Gasteiger partial charge in [0.2, 0.25) is 0 Å². The second-order valence-corrected chi connectivity index (χ2v) is 7.65. The number of aromatic nitrogens is 1. The molecule has 5 nitrogen and oxygen atoms in total. The molecule has 0 unspecified atom stereocenters. The van der Waals surface area contributed by atoms with E-state index in [9.17, 15) is 8.42 Å². The fraction of sp³-hybridized carbons (Fsp3) is 0.150. The van der Waals surface area contributed by atoms with E-state index in [1.807, 2.05) is 43.3 Å². The van der Waals surface area contributed by atoms with Gasteiger partial charge in [-0.1, -0.05) is 48.0 Å². The Morgan fingerprint density at radius 1 is 1.00 bits per heavy atom. The van der Waals surface area contributed by atoms with Crippen molar-refractivity contribution in [1.82, 2.24) is 4.98 Å². The van der Waals surface area contributed by atoms with E-state index in [4.69, 9.17) is 4.74 Å². The van der Waals surface area contributed by atoms with Gasteiger partial charge in [-0.3, -0.25) is 4.72 Å². The summed E-state index contributed by atoms with van der Waals surface area (Å²) in [5, 5.41) is 0. The Labute approximate surface area is 153 Å². The van der Waals surface area contributed by atoms with Crippen LogP contribution >= 0.6 is 0 Å². The molecule has 26 heavy (non-hydrogen) atoms. The maximum Gasteiger partial charge on any atom is 0.263 e. The summed E-state index contributed by atoms with van der Waals surface area (Å²) in [6.07, 6.45) is 1.52. The average Bonchev–Trinajstić information content (AvgIpc) is 2.61. The van der Waals surface area contributed by atoms with Crippen LogP contribution in [0.1, 0.15) is 16.7 Å². The van der Waals surface area contributed by atoms with Gasteiger partial charge in [0.05, 0.1) is 4.90 Å². The van der Waals surface area contributed by atoms with Gasteiger partial charge in [-0.25, -0.2) is 13.4 Å². The van der Waals surface area contributed by atoms with E-state index in [1.54, 1.807) is 31.2 Å². The fourth-order valence-electron chi connectivity index (χ4n) is 2.60. The Balaban J connectivity index is 1.83. The number of pyridine rings is 1. The minimum absolute atomic E-state index is 0.170. The summed E-state index contributed by atoms with van der Waals surface area (Å²) in [5.74, 6) is 0.549. The zero-order valence-electron chi connectivity index (χ0n) is 14.6. The van der Waals surface area contributed by atoms with Crippen molar-refractivity contribution in [1.29, 1.82) is 0 Å². The smallest absolute Gasteiger partial charge is 0.263 e. The SMILES string of the molecule is Cc1ccc(S(=O)(=O)Nc2ncccc2OCc2ccccc2)c(C)c1. The first-order valence-electron chi connectivity index (χ1n) is 8.17. The van der Waals surface area contributed by atoms with E-state index in [1.165, 1.54) is 6.20 Å². The molecule has 0 aliphatic rings. The third kappa shape index (κ3) is 4.21. The van der Waals surface area contributed by atoms with E-state index >= 15 is 0 Å². The van der Waals surface area contributed by atoms with Gasteiger partial charge in [-0.2, -0.15) is 0 Å². The Morgan fingerprint density at radius 2 is 1.77 bits per heavy atom. The number of hydrogen-bond donors (Lipinski definition) is 1. The van der Waals surface area contributed by atoms with E-state index in [2.05, 4.69) is 9.71 Å². The number of benzene rings is 2. The molecule has 3 aromatic rings. The molecule has 0 fully saturated rings. The molecule has 0 aliphatic carbocycles. The van der Waals surface area contributed by atoms with Crippen molar-refractivity contribution < 1.29 is 13.2 Å². The van der Waals surface area contributed by atoms with Crippen LogP contribution in [0.3, 0.4) is 0 Å². The maximum absolute atomic E-state index is 12.8. The third-order valence-corrected chi connectivity index (χ3v) is 5.36. The fourth-order valence-corrected chi connectivity index (χ4v) is 3.85. The second kappa shape index (κ2) is 7.58. The molecule has 0 amide bonds. The molecule has 1 heterocycles. The Morgan fingerprint density at radius 3 is 2.50 bits per heavy atom. The van der Waals surface area contributed by atoms with Crippen molar-refractivity contribution in [3.63, 3.8) is 0 Å². The van der Waals surface area contributed by atoms with Crippen LogP contribution in [-0.2, 0) is 16.6 Å². The van der Waals surface area contributed by atoms with Gasteiger partial charge in [-0.05, 0) is 43.2 Å². The normalized spacial score (nSPS) is 11.2. The number of anilines is 1. The number of aryl methyl sites for hydroxylation is 2. The highest BCUT2D eigenvalue weighted by Crippen LogP contribution is 2.26. The number of sulfonamides is 1. The predicted molar refractivity (Wildman–Crippen MR) is 102 cm³/mol. The monoisotopic (exact) mass is 368 g/mol. The summed E-state index contributed by atoms with van der Waals surface area (Å²) in [5.41, 5.74) is 2.67. The van der Waals surface area contributed by atoms with Gasteiger partial charge in [0, 0.05) is 6.20 Å². The average molecular weight is 368 g/mol. The van der Waals surface area contributed by atoms with E-state index in [-0.39, 0.29) is 10.7 Å². The van der Waals surface area contributed by atoms with Gasteiger partial charge in [-0.15, -0.1) is 0 Å². The number of hydrogen-bond acceptors (Lipinski definition) is 4. The molecule has 134 valence electrons. The van der Waals surface area contributed by atoms with Crippen LogP contribution < -0.4 is 9.46 Å². The number of rotatable bonds is 6. The van der Waals surface area contributed by atoms with Gasteiger partial charge in [0.1, 0.15) is 6.61 Å². The molecule has 0 atom stereocenters. The van der Waals surface area contributed by atoms with Crippen LogP contribution in [0, 0.1) is 13.8 Å². The Bertz CT molecular complexity index is 1000. The molecule has 3 rings (SSSR count). The lowest BCUT2D eigenvalue weighted by Crippen LogP contribution is -2.16. The van der Waals surface area contributed by atoms with Crippen molar-refractivity contribution in [2.45, 2.75) is 25.3 Å². The highest BCUT2D eigenvalue weighted by molar-refractivity contribution is 7.92. The lowest BCUT2D eigenvalue weighted by molar-refractivity contribution is 0.307. The lowest BCUT2D eigenvalue weighted by atomic mass is 10.2. The molecular formula is C20H20N2O3S. The molecule has 0 spiro atoms. The molecule has 1 aromatic heterocycles. The van der Waals surface area contributed by atoms with Crippen LogP contribution in [0.15, 0.2) is 71.8 Å². The van der Waals surface area contributed by atoms with Crippen molar-refractivity contribution >= 4 is 15.8 Å². The van der Waals surface area contributed by atoms with Crippen molar-refractivity contribution in [2.24, 2.45) is 0 Å². The zero-order valence-corrected chi connectivity index (χ0v) is 15.5. The first-order chi connectivity index (χ1) is 12.5. The van der Waals surface area contributed by atoms with Crippen molar-refractivity contribution in [3.05, 3.63) is 83.6 Å². The second-order valence-electron chi connectivity index (χ2n) is 6.00. The maximum atomic E-state index is 12.8. The first kappa shape index (κ1) is 17.9. The highest BCUT2D eigenvalue weighted by Gasteiger charge is 2.19. The van der Waals surface area contributed by atoms with E-state index in [0.29, 0.717) is 17.9 Å². The largest absolute Gasteiger partial charge is 0.485 e. The van der Waals surface area contributed by atoms with Crippen LogP contribution in [0.25, 0.3) is 0 Å². The third-order valence-electron chi connectivity index (χ3n) is 3.86. The van der Waals surface area contributed by atoms with Crippen LogP contribution in [-0.4, -0.2) is 13.4 Å². The standard InChI is InChI=1S/C20H20N2O3S/c1-15-10-11-19(16(2)13-15)26(23,24)22-20-18(9-6-12-21-20)25-14-17-7-4-3-5-8-17/h3-13H,14H2,1-2H3,(H,21,22). The molecule has 0 saturated heterocycles. The number of ether oxygens (including phenoxy) is 1. The quantitative estimate of drug-likeness (QED) is 0.712. The van der Waals surface area contributed by atoms with E-state index in [0.717, 1.165) is 11.1 Å². The molecular weight excluding hydrogens is 348 g/mol. The van der Waals surface area contributed by atoms with Crippen LogP contribution in [0.4, 0.5) is 5.82 Å². The number of nitrogens with one attached hydrogen (secondary N) is 1. The van der Waals surface area contributed by atoms with Crippen LogP contribution in [0.5, 0.6) is 5.75 Å². The highest BCUT2D eigenvalue weighted by atomic mass is 32.2. The van der Waals surface area contributed by atoms with Gasteiger partial charge in [0.15, 0.2) is 11.6 Å². The summed E-state index contributed by atoms with van der Waals surface area (Å²) in [6, 6.07) is 18.2. The van der Waals surface area contributed by atoms with E-state index < -0.39 is 10.0 Å². The lowest BCUT2D eigenvalue weighted by Gasteiger charge is -2.14. The predicted octanol–water partition coefficient (Wildman–Crippen LogP) is 4.08. The van der Waals surface area contributed by atoms with Crippen LogP contribution in [0.2, 0.25) is 0 Å². The van der Waals surface area contributed by atoms with Gasteiger partial charge in [0.25, 0.3) is 10.0 Å². The Hall–Kier alpha value is -2.86. The van der Waals surface area contributed by atoms with Crippen molar-refractivity contribution in [3.8, 4) is 5.75 Å². The summed E-state index contributed by atoms with van der Waals surface area (Å²) < 4.78 is 33.8. The van der Waals surface area contributed by atoms with Gasteiger partial charge >= 0.3 is 0 Å². The molecule has 0 saturated carbocycles. The molecule has 0 bridgehead atoms. The summed E-state index contributed by atoms with van der Waals surface area (Å²) >= 11 is 0. The Kier molecular flexibility index (Phi) is 5.23. The summed E-state index contributed by atoms with van der Waals surface area (Å²) in [6.45, 7) is 4.02. The summed E-state index contributed by atoms with van der Waals surface area (Å²) in [7, 11) is -3.76. The van der Waals surface area contributed by atoms with Crippen molar-refractivity contribution in [2.75, 3.05) is 4.72 Å². The topological polar surface area (TPSA) is 68.3 Å². The summed E-state index contributed by atoms with van der Waals surface area (Å²) in [4.78, 5) is 4.36. The molecule has 0 aliphatic heterocycles.